The fraction of sp³-hybridized carbons (Fsp3) is 0.263. The molecule has 0 saturated carbocycles. The quantitative estimate of drug-likeness (QED) is 0.701. The van der Waals surface area contributed by atoms with Crippen molar-refractivity contribution in [2.24, 2.45) is 0 Å². The van der Waals surface area contributed by atoms with Crippen LogP contribution in [-0.2, 0) is 6.18 Å². The first-order chi connectivity index (χ1) is 13.4. The molecule has 1 aromatic heterocycles. The van der Waals surface area contributed by atoms with Crippen molar-refractivity contribution in [1.82, 2.24) is 21.0 Å². The number of nitrogens with one attached hydrogen (secondary N) is 2. The molecule has 0 amide bonds. The smallest absolute Gasteiger partial charge is 0.416 e. The first kappa shape index (κ1) is 18.5. The van der Waals surface area contributed by atoms with Crippen LogP contribution in [0.4, 0.5) is 13.2 Å². The molecule has 2 aromatic carbocycles. The lowest BCUT2D eigenvalue weighted by Gasteiger charge is -2.10. The lowest BCUT2D eigenvalue weighted by molar-refractivity contribution is -0.137. The number of rotatable bonds is 4. The van der Waals surface area contributed by atoms with Crippen molar-refractivity contribution in [2.75, 3.05) is 7.11 Å². The molecule has 0 bridgehead atoms. The van der Waals surface area contributed by atoms with Crippen LogP contribution in [0.3, 0.4) is 0 Å². The number of hydrazine groups is 1. The molecule has 2 atom stereocenters. The summed E-state index contributed by atoms with van der Waals surface area (Å²) in [5.74, 6) is 1.38. The summed E-state index contributed by atoms with van der Waals surface area (Å²) in [4.78, 5) is 4.33. The molecular formula is C19H17F3N4O2. The van der Waals surface area contributed by atoms with E-state index in [4.69, 9.17) is 9.26 Å². The molecule has 0 radical (unpaired) electrons. The van der Waals surface area contributed by atoms with Crippen molar-refractivity contribution in [3.05, 3.63) is 65.5 Å². The second-order valence-corrected chi connectivity index (χ2v) is 6.44. The predicted molar refractivity (Wildman–Crippen MR) is 94.1 cm³/mol. The maximum atomic E-state index is 12.7. The SMILES string of the molecule is COc1cccc(C2CC(c3nc(-c4ccc(C(F)(F)F)cc4)no3)NN2)c1. The Balaban J connectivity index is 1.47. The van der Waals surface area contributed by atoms with Crippen molar-refractivity contribution in [2.45, 2.75) is 24.7 Å². The first-order valence-electron chi connectivity index (χ1n) is 8.60. The summed E-state index contributed by atoms with van der Waals surface area (Å²) in [6, 6.07) is 12.2. The standard InChI is InChI=1S/C19H17F3N4O2/c1-27-14-4-2-3-12(9-14)15-10-16(25-24-15)18-23-17(26-28-18)11-5-7-13(8-6-11)19(20,21)22/h2-9,15-16,24-25H,10H2,1H3. The van der Waals surface area contributed by atoms with Crippen LogP contribution in [0.1, 0.15) is 35.5 Å². The third-order valence-corrected chi connectivity index (χ3v) is 4.61. The van der Waals surface area contributed by atoms with Gasteiger partial charge in [0.1, 0.15) is 11.8 Å². The van der Waals surface area contributed by atoms with Crippen LogP contribution in [0.5, 0.6) is 5.75 Å². The van der Waals surface area contributed by atoms with Crippen molar-refractivity contribution in [3.8, 4) is 17.1 Å². The highest BCUT2D eigenvalue weighted by atomic mass is 19.4. The zero-order valence-electron chi connectivity index (χ0n) is 14.8. The number of hydrogen-bond donors (Lipinski definition) is 2. The molecule has 4 rings (SSSR count). The molecule has 2 heterocycles. The topological polar surface area (TPSA) is 72.2 Å². The zero-order chi connectivity index (χ0) is 19.7. The second kappa shape index (κ2) is 7.25. The highest BCUT2D eigenvalue weighted by Crippen LogP contribution is 2.33. The van der Waals surface area contributed by atoms with Gasteiger partial charge >= 0.3 is 6.18 Å². The van der Waals surface area contributed by atoms with Gasteiger partial charge in [-0.1, -0.05) is 29.4 Å². The summed E-state index contributed by atoms with van der Waals surface area (Å²) < 4.78 is 48.6. The van der Waals surface area contributed by atoms with Gasteiger partial charge in [-0.2, -0.15) is 18.2 Å². The molecule has 0 aliphatic carbocycles. The monoisotopic (exact) mass is 390 g/mol. The highest BCUT2D eigenvalue weighted by Gasteiger charge is 2.32. The van der Waals surface area contributed by atoms with Crippen LogP contribution in [0.15, 0.2) is 53.1 Å². The summed E-state index contributed by atoms with van der Waals surface area (Å²) in [6.07, 6.45) is -3.71. The second-order valence-electron chi connectivity index (χ2n) is 6.44. The fourth-order valence-electron chi connectivity index (χ4n) is 3.10. The van der Waals surface area contributed by atoms with Gasteiger partial charge < -0.3 is 9.26 Å². The van der Waals surface area contributed by atoms with E-state index in [0.29, 0.717) is 17.9 Å². The van der Waals surface area contributed by atoms with Crippen LogP contribution in [0.2, 0.25) is 0 Å². The predicted octanol–water partition coefficient (Wildman–Crippen LogP) is 4.04. The van der Waals surface area contributed by atoms with Gasteiger partial charge in [0.2, 0.25) is 11.7 Å². The number of halogens is 3. The molecule has 28 heavy (non-hydrogen) atoms. The minimum absolute atomic E-state index is 0.0292. The highest BCUT2D eigenvalue weighted by molar-refractivity contribution is 5.54. The van der Waals surface area contributed by atoms with Crippen LogP contribution in [-0.4, -0.2) is 17.3 Å². The Kier molecular flexibility index (Phi) is 4.78. The minimum atomic E-state index is -4.38. The van der Waals surface area contributed by atoms with E-state index in [9.17, 15) is 13.2 Å². The van der Waals surface area contributed by atoms with Gasteiger partial charge in [0.25, 0.3) is 0 Å². The average molecular weight is 390 g/mol. The number of aromatic nitrogens is 2. The van der Waals surface area contributed by atoms with Crippen LogP contribution < -0.4 is 15.6 Å². The number of alkyl halides is 3. The summed E-state index contributed by atoms with van der Waals surface area (Å²) in [6.45, 7) is 0. The van der Waals surface area contributed by atoms with E-state index in [1.807, 2.05) is 24.3 Å². The Morgan fingerprint density at radius 2 is 1.82 bits per heavy atom. The van der Waals surface area contributed by atoms with Crippen molar-refractivity contribution in [1.29, 1.82) is 0 Å². The van der Waals surface area contributed by atoms with Gasteiger partial charge in [-0.25, -0.2) is 10.9 Å². The van der Waals surface area contributed by atoms with E-state index >= 15 is 0 Å². The van der Waals surface area contributed by atoms with E-state index in [1.54, 1.807) is 7.11 Å². The number of benzene rings is 2. The van der Waals surface area contributed by atoms with Crippen molar-refractivity contribution >= 4 is 0 Å². The number of ether oxygens (including phenoxy) is 1. The molecule has 3 aromatic rings. The van der Waals surface area contributed by atoms with Gasteiger partial charge in [0.05, 0.1) is 12.7 Å². The zero-order valence-corrected chi connectivity index (χ0v) is 14.8. The molecule has 146 valence electrons. The lowest BCUT2D eigenvalue weighted by atomic mass is 10.0. The Bertz CT molecular complexity index is 956. The minimum Gasteiger partial charge on any atom is -0.497 e. The molecule has 6 nitrogen and oxygen atoms in total. The summed E-state index contributed by atoms with van der Waals surface area (Å²) >= 11 is 0. The maximum absolute atomic E-state index is 12.7. The van der Waals surface area contributed by atoms with E-state index < -0.39 is 11.7 Å². The Hall–Kier alpha value is -2.91. The first-order valence-corrected chi connectivity index (χ1v) is 8.60. The summed E-state index contributed by atoms with van der Waals surface area (Å²) in [7, 11) is 1.61. The van der Waals surface area contributed by atoms with Gasteiger partial charge in [-0.3, -0.25) is 0 Å². The molecule has 1 aliphatic heterocycles. The Labute approximate surface area is 158 Å². The average Bonchev–Trinajstić information content (AvgIpc) is 3.37. The maximum Gasteiger partial charge on any atom is 0.416 e. The third-order valence-electron chi connectivity index (χ3n) is 4.61. The third kappa shape index (κ3) is 3.71. The lowest BCUT2D eigenvalue weighted by Crippen LogP contribution is -2.26. The Morgan fingerprint density at radius 1 is 1.07 bits per heavy atom. The molecule has 0 spiro atoms. The van der Waals surface area contributed by atoms with E-state index in [0.717, 1.165) is 23.4 Å². The van der Waals surface area contributed by atoms with Gasteiger partial charge in [0, 0.05) is 11.6 Å². The molecule has 9 heteroatoms. The molecule has 1 saturated heterocycles. The molecule has 2 N–H and O–H groups in total. The van der Waals surface area contributed by atoms with Crippen LogP contribution in [0, 0.1) is 0 Å². The molecular weight excluding hydrogens is 373 g/mol. The van der Waals surface area contributed by atoms with Crippen molar-refractivity contribution in [3.63, 3.8) is 0 Å². The van der Waals surface area contributed by atoms with Gasteiger partial charge in [-0.05, 0) is 36.2 Å². The Morgan fingerprint density at radius 3 is 2.54 bits per heavy atom. The summed E-state index contributed by atoms with van der Waals surface area (Å²) in [5, 5.41) is 3.89. The summed E-state index contributed by atoms with van der Waals surface area (Å²) in [5.41, 5.74) is 7.09. The largest absolute Gasteiger partial charge is 0.497 e. The fourth-order valence-corrected chi connectivity index (χ4v) is 3.10. The molecule has 1 aliphatic rings. The number of methoxy groups -OCH3 is 1. The number of hydrogen-bond acceptors (Lipinski definition) is 6. The van der Waals surface area contributed by atoms with Gasteiger partial charge in [-0.15, -0.1) is 0 Å². The number of nitrogens with zero attached hydrogens (tertiary/aromatic N) is 2. The molecule has 1 fully saturated rings. The van der Waals surface area contributed by atoms with Gasteiger partial charge in [0.15, 0.2) is 0 Å². The normalized spacial score (nSPS) is 19.7. The molecule has 2 unspecified atom stereocenters. The van der Waals surface area contributed by atoms with Crippen LogP contribution >= 0.6 is 0 Å². The van der Waals surface area contributed by atoms with E-state index in [-0.39, 0.29) is 17.9 Å². The van der Waals surface area contributed by atoms with E-state index in [1.165, 1.54) is 12.1 Å². The van der Waals surface area contributed by atoms with Crippen molar-refractivity contribution < 1.29 is 22.4 Å². The van der Waals surface area contributed by atoms with E-state index in [2.05, 4.69) is 21.0 Å². The van der Waals surface area contributed by atoms with Crippen LogP contribution in [0.25, 0.3) is 11.4 Å².